The highest BCUT2D eigenvalue weighted by molar-refractivity contribution is 7.52. The minimum absolute atomic E-state index is 0.0102. The number of nitriles is 1. The summed E-state index contributed by atoms with van der Waals surface area (Å²) in [5.41, 5.74) is 4.22. The second-order valence-corrected chi connectivity index (χ2v) is 12.8. The maximum atomic E-state index is 14.0. The zero-order valence-corrected chi connectivity index (χ0v) is 25.3. The third-order valence-corrected chi connectivity index (χ3v) is 9.61. The molecule has 0 bridgehead atoms. The fraction of sp³-hybridized carbons (Fsp3) is 0.500. The Bertz CT molecular complexity index is 1630. The van der Waals surface area contributed by atoms with Crippen LogP contribution in [0.15, 0.2) is 48.8 Å². The topological polar surface area (TPSA) is 204 Å². The van der Waals surface area contributed by atoms with Crippen LogP contribution in [0.1, 0.15) is 44.4 Å². The number of aliphatic hydroxyl groups is 2. The number of ether oxygens (including phenoxy) is 2. The number of fused-ring (bicyclic) bond motifs is 1. The smallest absolute Gasteiger partial charge is 0.459 e. The molecule has 3 heterocycles. The molecule has 1 saturated carbocycles. The summed E-state index contributed by atoms with van der Waals surface area (Å²) >= 11 is 0. The molecule has 2 aliphatic rings. The predicted octanol–water partition coefficient (Wildman–Crippen LogP) is 3.21. The molecule has 5 rings (SSSR count). The van der Waals surface area contributed by atoms with Crippen molar-refractivity contribution in [2.75, 3.05) is 12.3 Å². The molecule has 1 aliphatic carbocycles. The van der Waals surface area contributed by atoms with E-state index in [2.05, 4.69) is 15.2 Å². The number of carbonyl (C=O) groups is 1. The Hall–Kier alpha value is -3.78. The van der Waals surface area contributed by atoms with Crippen molar-refractivity contribution in [2.45, 2.75) is 74.8 Å². The van der Waals surface area contributed by atoms with Gasteiger partial charge in [-0.05, 0) is 56.9 Å². The van der Waals surface area contributed by atoms with Gasteiger partial charge in [0, 0.05) is 0 Å². The SMILES string of the molecule is C[C@H](NP(=O)(OC[C@@]1(C#N)O[C@@H](c2ccc3c(N)ncnn23)[C@H](O)[C@@H]1O)Oc1ccccc1)C(=O)O[C@H]1CC[C@H](C(F)(F)F)CC1. The third kappa shape index (κ3) is 6.97. The van der Waals surface area contributed by atoms with Crippen molar-refractivity contribution in [3.8, 4) is 11.8 Å². The first-order valence-corrected chi connectivity index (χ1v) is 15.9. The van der Waals surface area contributed by atoms with Crippen LogP contribution in [0.5, 0.6) is 5.75 Å². The van der Waals surface area contributed by atoms with Crippen LogP contribution in [0.3, 0.4) is 0 Å². The van der Waals surface area contributed by atoms with Crippen LogP contribution in [-0.4, -0.2) is 73.5 Å². The van der Waals surface area contributed by atoms with Crippen LogP contribution in [0, 0.1) is 17.2 Å². The van der Waals surface area contributed by atoms with Crippen molar-refractivity contribution in [1.82, 2.24) is 19.7 Å². The number of anilines is 1. The van der Waals surface area contributed by atoms with E-state index < -0.39 is 68.5 Å². The highest BCUT2D eigenvalue weighted by Gasteiger charge is 2.57. The lowest BCUT2D eigenvalue weighted by Crippen LogP contribution is -2.46. The molecular formula is C28H32F3N6O8P. The lowest BCUT2D eigenvalue weighted by molar-refractivity contribution is -0.188. The highest BCUT2D eigenvalue weighted by atomic mass is 31.2. The van der Waals surface area contributed by atoms with Gasteiger partial charge in [0.25, 0.3) is 0 Å². The lowest BCUT2D eigenvalue weighted by Gasteiger charge is -2.31. The van der Waals surface area contributed by atoms with Crippen LogP contribution < -0.4 is 15.3 Å². The van der Waals surface area contributed by atoms with E-state index in [4.69, 9.17) is 24.3 Å². The number of aromatic nitrogens is 3. The second kappa shape index (κ2) is 13.1. The molecule has 248 valence electrons. The van der Waals surface area contributed by atoms with Crippen LogP contribution in [-0.2, 0) is 23.4 Å². The summed E-state index contributed by atoms with van der Waals surface area (Å²) in [7, 11) is -4.58. The van der Waals surface area contributed by atoms with Gasteiger partial charge in [-0.2, -0.15) is 28.6 Å². The minimum atomic E-state index is -4.58. The Kier molecular flexibility index (Phi) is 9.60. The van der Waals surface area contributed by atoms with Crippen LogP contribution in [0.4, 0.5) is 19.0 Å². The van der Waals surface area contributed by atoms with Crippen molar-refractivity contribution in [1.29, 1.82) is 5.26 Å². The molecule has 2 fully saturated rings. The number of benzene rings is 1. The summed E-state index contributed by atoms with van der Waals surface area (Å²) in [5, 5.41) is 38.5. The van der Waals surface area contributed by atoms with Gasteiger partial charge < -0.3 is 29.9 Å². The van der Waals surface area contributed by atoms with E-state index in [1.807, 2.05) is 0 Å². The fourth-order valence-electron chi connectivity index (χ4n) is 5.43. The van der Waals surface area contributed by atoms with Crippen molar-refractivity contribution in [3.63, 3.8) is 0 Å². The number of esters is 1. The van der Waals surface area contributed by atoms with Gasteiger partial charge in [-0.25, -0.2) is 14.1 Å². The third-order valence-electron chi connectivity index (χ3n) is 7.98. The first-order chi connectivity index (χ1) is 21.7. The predicted molar refractivity (Wildman–Crippen MR) is 153 cm³/mol. The average molecular weight is 669 g/mol. The number of carbonyl (C=O) groups excluding carboxylic acids is 1. The number of aliphatic hydroxyl groups excluding tert-OH is 2. The number of hydrogen-bond donors (Lipinski definition) is 4. The number of nitrogens with zero attached hydrogens (tertiary/aromatic N) is 4. The zero-order chi connectivity index (χ0) is 33.3. The molecule has 1 saturated heterocycles. The first kappa shape index (κ1) is 33.6. The van der Waals surface area contributed by atoms with Gasteiger partial charge in [0.05, 0.1) is 11.6 Å². The molecule has 2 aromatic heterocycles. The average Bonchev–Trinajstić information content (AvgIpc) is 3.56. The second-order valence-electron chi connectivity index (χ2n) is 11.2. The monoisotopic (exact) mass is 668 g/mol. The Balaban J connectivity index is 1.31. The van der Waals surface area contributed by atoms with E-state index >= 15 is 0 Å². The molecule has 18 heteroatoms. The number of rotatable bonds is 10. The summed E-state index contributed by atoms with van der Waals surface area (Å²) < 4.78 is 76.9. The normalized spacial score (nSPS) is 28.7. The Labute approximate surface area is 260 Å². The van der Waals surface area contributed by atoms with E-state index in [1.165, 1.54) is 36.0 Å². The van der Waals surface area contributed by atoms with E-state index in [9.17, 15) is 38.0 Å². The van der Waals surface area contributed by atoms with E-state index in [1.54, 1.807) is 30.3 Å². The fourth-order valence-corrected chi connectivity index (χ4v) is 6.95. The maximum Gasteiger partial charge on any atom is 0.459 e. The number of para-hydroxylation sites is 1. The number of nitrogens with two attached hydrogens (primary N) is 1. The van der Waals surface area contributed by atoms with Crippen molar-refractivity contribution >= 4 is 25.1 Å². The Morgan fingerprint density at radius 3 is 2.59 bits per heavy atom. The summed E-state index contributed by atoms with van der Waals surface area (Å²) in [4.78, 5) is 16.8. The molecule has 5 N–H and O–H groups in total. The molecule has 46 heavy (non-hydrogen) atoms. The van der Waals surface area contributed by atoms with Gasteiger partial charge in [0.2, 0.25) is 5.60 Å². The van der Waals surface area contributed by atoms with E-state index in [-0.39, 0.29) is 42.9 Å². The molecule has 1 aromatic carbocycles. The Morgan fingerprint density at radius 2 is 1.93 bits per heavy atom. The Morgan fingerprint density at radius 1 is 1.24 bits per heavy atom. The first-order valence-electron chi connectivity index (χ1n) is 14.3. The highest BCUT2D eigenvalue weighted by Crippen LogP contribution is 2.48. The van der Waals surface area contributed by atoms with Crippen LogP contribution >= 0.6 is 7.75 Å². The maximum absolute atomic E-state index is 14.0. The number of nitrogen functional groups attached to an aromatic ring is 1. The summed E-state index contributed by atoms with van der Waals surface area (Å²) in [6.07, 6.45) is -9.11. The van der Waals surface area contributed by atoms with Gasteiger partial charge in [0.15, 0.2) is 5.82 Å². The van der Waals surface area contributed by atoms with E-state index in [0.29, 0.717) is 5.52 Å². The van der Waals surface area contributed by atoms with E-state index in [0.717, 1.165) is 0 Å². The summed E-state index contributed by atoms with van der Waals surface area (Å²) in [6, 6.07) is 11.2. The number of hydrogen-bond acceptors (Lipinski definition) is 12. The molecule has 3 aromatic rings. The quantitative estimate of drug-likeness (QED) is 0.181. The minimum Gasteiger partial charge on any atom is -0.461 e. The van der Waals surface area contributed by atoms with Crippen LogP contribution in [0.25, 0.3) is 5.52 Å². The van der Waals surface area contributed by atoms with Gasteiger partial charge in [-0.15, -0.1) is 0 Å². The van der Waals surface area contributed by atoms with Gasteiger partial charge in [-0.3, -0.25) is 9.32 Å². The molecule has 0 spiro atoms. The van der Waals surface area contributed by atoms with Crippen molar-refractivity contribution in [3.05, 3.63) is 54.5 Å². The number of alkyl halides is 3. The van der Waals surface area contributed by atoms with Crippen LogP contribution in [0.2, 0.25) is 0 Å². The molecule has 0 amide bonds. The number of nitrogens with one attached hydrogen (secondary N) is 1. The molecule has 0 radical (unpaired) electrons. The molecule has 1 aliphatic heterocycles. The van der Waals surface area contributed by atoms with Gasteiger partial charge in [0.1, 0.15) is 60.7 Å². The molecule has 14 nitrogen and oxygen atoms in total. The number of halogens is 3. The van der Waals surface area contributed by atoms with Gasteiger partial charge in [-0.1, -0.05) is 18.2 Å². The van der Waals surface area contributed by atoms with Gasteiger partial charge >= 0.3 is 19.9 Å². The summed E-state index contributed by atoms with van der Waals surface area (Å²) in [5.74, 6) is -2.19. The van der Waals surface area contributed by atoms with Crippen molar-refractivity contribution < 1.29 is 51.3 Å². The van der Waals surface area contributed by atoms with Crippen molar-refractivity contribution in [2.24, 2.45) is 5.92 Å². The molecule has 1 unspecified atom stereocenters. The lowest BCUT2D eigenvalue weighted by atomic mass is 9.87. The largest absolute Gasteiger partial charge is 0.461 e. The summed E-state index contributed by atoms with van der Waals surface area (Å²) in [6.45, 7) is 0.388. The molecule has 6 atom stereocenters. The standard InChI is InChI=1S/C28H32F3N6O8P/c1-16(26(40)43-18-9-7-17(8-10-18)28(29,30)31)36-46(41,45-19-5-3-2-4-6-19)42-14-27(13-32)24(39)22(38)23(44-27)20-11-12-21-25(33)34-15-35-37(20)21/h2-6,11-12,15-18,22-24,38-39H,7-10,14H2,1H3,(H,36,41)(H2,33,34,35)/t16-,17-,18-,22-,23-,24-,27+,46?/m0/s1. The molecular weight excluding hydrogens is 636 g/mol. The zero-order valence-electron chi connectivity index (χ0n) is 24.4.